The molecule has 1 N–H and O–H groups in total. The summed E-state index contributed by atoms with van der Waals surface area (Å²) >= 11 is 0. The Kier molecular flexibility index (Phi) is 14.7. The van der Waals surface area contributed by atoms with E-state index in [0.29, 0.717) is 6.29 Å². The van der Waals surface area contributed by atoms with Crippen molar-refractivity contribution in [2.24, 2.45) is 0 Å². The molecule has 0 aliphatic carbocycles. The Hall–Kier alpha value is 0.214. The number of carbonyl (C=O) groups is 1. The summed E-state index contributed by atoms with van der Waals surface area (Å²) < 4.78 is 0. The first-order chi connectivity index (χ1) is 3.91. The van der Waals surface area contributed by atoms with Crippen LogP contribution in [-0.4, -0.2) is 18.0 Å². The summed E-state index contributed by atoms with van der Waals surface area (Å²) in [5, 5.41) is 8.09. The number of carbonyl (C=O) groups excluding carboxylic acids is 1. The van der Waals surface area contributed by atoms with E-state index in [9.17, 15) is 4.79 Å². The van der Waals surface area contributed by atoms with Gasteiger partial charge in [0.05, 0.1) is 0 Å². The van der Waals surface area contributed by atoms with Crippen molar-refractivity contribution < 1.29 is 42.6 Å². The molecule has 0 saturated carbocycles. The number of aldehydes is 1. The smallest absolute Gasteiger partial charge is 0.0353 e. The van der Waals surface area contributed by atoms with E-state index in [-0.39, 0.29) is 39.3 Å². The molecule has 47 valence electrons. The Morgan fingerprint density at radius 2 is 2.11 bits per heavy atom. The van der Waals surface area contributed by atoms with Crippen molar-refractivity contribution in [1.82, 2.24) is 0 Å². The van der Waals surface area contributed by atoms with Crippen LogP contribution in [0.25, 0.3) is 0 Å². The molecule has 3 heteroatoms. The second kappa shape index (κ2) is 11.1. The Morgan fingerprint density at radius 3 is 2.56 bits per heavy atom. The molecule has 0 unspecified atom stereocenters. The molecule has 0 fully saturated rings. The summed E-state index contributed by atoms with van der Waals surface area (Å²) in [4.78, 5) is 9.52. The maximum atomic E-state index is 9.52. The second-order valence-corrected chi connectivity index (χ2v) is 0.980. The van der Waals surface area contributed by atoms with E-state index in [1.807, 2.05) is 0 Å². The minimum atomic E-state index is -0.128. The van der Waals surface area contributed by atoms with Gasteiger partial charge in [-0.15, -0.1) is 0 Å². The van der Waals surface area contributed by atoms with Crippen molar-refractivity contribution in [3.05, 3.63) is 24.3 Å². The van der Waals surface area contributed by atoms with Crippen molar-refractivity contribution in [2.75, 3.05) is 6.61 Å². The van der Waals surface area contributed by atoms with Crippen LogP contribution in [0.15, 0.2) is 12.2 Å². The zero-order valence-electron chi connectivity index (χ0n) is 4.87. The van der Waals surface area contributed by atoms with E-state index in [2.05, 4.69) is 12.2 Å². The minimum Gasteiger partial charge on any atom is -0.413 e. The normalized spacial score (nSPS) is 9.89. The number of rotatable bonds is 3. The molecular weight excluding hydrogens is 193 g/mol. The Balaban J connectivity index is 0. The fraction of sp³-hybridized carbons (Fsp3) is 0.167. The van der Waals surface area contributed by atoms with Gasteiger partial charge in [-0.05, 0) is 6.61 Å². The fourth-order valence-electron chi connectivity index (χ4n) is 0.199. The van der Waals surface area contributed by atoms with Gasteiger partial charge in [-0.25, -0.2) is 0 Å². The predicted octanol–water partition coefficient (Wildman–Crippen LogP) is -0.106. The third kappa shape index (κ3) is 11.7. The van der Waals surface area contributed by atoms with Crippen LogP contribution in [0.4, 0.5) is 0 Å². The summed E-state index contributed by atoms with van der Waals surface area (Å²) in [6.45, 7) is -0.128. The summed E-state index contributed by atoms with van der Waals surface area (Å²) in [7, 11) is 0. The summed E-state index contributed by atoms with van der Waals surface area (Å²) in [6, 6.07) is 0. The number of aliphatic hydroxyl groups is 1. The number of hydrogen-bond acceptors (Lipinski definition) is 2. The fourth-order valence-corrected chi connectivity index (χ4v) is 0.199. The van der Waals surface area contributed by atoms with E-state index in [4.69, 9.17) is 5.11 Å². The summed E-state index contributed by atoms with van der Waals surface area (Å²) in [6.07, 6.45) is 8.03. The third-order valence-corrected chi connectivity index (χ3v) is 0.457. The number of allylic oxidation sites excluding steroid dienone is 3. The molecular formula is C6H6O2Y-2. The van der Waals surface area contributed by atoms with Gasteiger partial charge in [0.1, 0.15) is 0 Å². The van der Waals surface area contributed by atoms with Crippen LogP contribution in [0.1, 0.15) is 0 Å². The minimum absolute atomic E-state index is 0. The topological polar surface area (TPSA) is 37.3 Å². The van der Waals surface area contributed by atoms with Crippen LogP contribution < -0.4 is 0 Å². The Morgan fingerprint density at radius 1 is 1.44 bits per heavy atom. The van der Waals surface area contributed by atoms with Crippen molar-refractivity contribution in [3.63, 3.8) is 0 Å². The van der Waals surface area contributed by atoms with Crippen molar-refractivity contribution in [2.45, 2.75) is 0 Å². The van der Waals surface area contributed by atoms with Crippen LogP contribution in [-0.2, 0) is 37.5 Å². The van der Waals surface area contributed by atoms with Crippen LogP contribution in [0.5, 0.6) is 0 Å². The van der Waals surface area contributed by atoms with Gasteiger partial charge in [-0.3, -0.25) is 0 Å². The van der Waals surface area contributed by atoms with Crippen molar-refractivity contribution in [1.29, 1.82) is 0 Å². The van der Waals surface area contributed by atoms with Crippen molar-refractivity contribution >= 4 is 6.29 Å². The average Bonchev–Trinajstić information content (AvgIpc) is 1.81. The molecule has 0 aromatic carbocycles. The molecule has 0 aliphatic rings. The summed E-state index contributed by atoms with van der Waals surface area (Å²) in [5.41, 5.74) is 0. The second-order valence-electron chi connectivity index (χ2n) is 0.980. The van der Waals surface area contributed by atoms with Gasteiger partial charge in [0.2, 0.25) is 0 Å². The molecule has 0 atom stereocenters. The van der Waals surface area contributed by atoms with Gasteiger partial charge in [0.15, 0.2) is 0 Å². The van der Waals surface area contributed by atoms with Crippen LogP contribution >= 0.6 is 0 Å². The number of aliphatic hydroxyl groups excluding tert-OH is 1. The van der Waals surface area contributed by atoms with E-state index >= 15 is 0 Å². The third-order valence-electron chi connectivity index (χ3n) is 0.457. The monoisotopic (exact) mass is 199 g/mol. The molecule has 0 aromatic heterocycles. The van der Waals surface area contributed by atoms with E-state index in [0.717, 1.165) is 0 Å². The maximum Gasteiger partial charge on any atom is 0.0353 e. The zero-order valence-corrected chi connectivity index (χ0v) is 7.71. The quantitative estimate of drug-likeness (QED) is 0.298. The van der Waals surface area contributed by atoms with Gasteiger partial charge in [0.25, 0.3) is 0 Å². The maximum absolute atomic E-state index is 9.52. The standard InChI is InChI=1S/C6H6O2.Y/c7-5-3-1-2-4-6-8;/h1-2,5,8H,6H2;/q-2;. The Bertz CT molecular complexity index is 108. The van der Waals surface area contributed by atoms with Crippen LogP contribution in [0.3, 0.4) is 0 Å². The van der Waals surface area contributed by atoms with E-state index in [1.54, 1.807) is 0 Å². The molecule has 0 amide bonds. The molecule has 0 bridgehead atoms. The molecule has 0 spiro atoms. The van der Waals surface area contributed by atoms with Gasteiger partial charge in [-0.2, -0.15) is 0 Å². The molecule has 2 nitrogen and oxygen atoms in total. The summed E-state index contributed by atoms with van der Waals surface area (Å²) in [5.74, 6) is 0. The molecule has 0 aromatic rings. The molecule has 1 radical (unpaired) electrons. The first-order valence-corrected chi connectivity index (χ1v) is 2.10. The van der Waals surface area contributed by atoms with Crippen LogP contribution in [0, 0.1) is 12.2 Å². The van der Waals surface area contributed by atoms with Gasteiger partial charge < -0.3 is 34.2 Å². The van der Waals surface area contributed by atoms with Gasteiger partial charge >= 0.3 is 0 Å². The SMILES string of the molecule is O=C[C-]=CC=[C-]CO.[Y]. The molecule has 0 aliphatic heterocycles. The first kappa shape index (κ1) is 11.9. The van der Waals surface area contributed by atoms with E-state index < -0.39 is 0 Å². The van der Waals surface area contributed by atoms with Gasteiger partial charge in [0, 0.05) is 39.0 Å². The van der Waals surface area contributed by atoms with Crippen molar-refractivity contribution in [3.8, 4) is 0 Å². The Labute approximate surface area is 79.5 Å². The zero-order chi connectivity index (χ0) is 6.24. The van der Waals surface area contributed by atoms with Gasteiger partial charge in [-0.1, -0.05) is 0 Å². The van der Waals surface area contributed by atoms with Crippen LogP contribution in [0.2, 0.25) is 0 Å². The van der Waals surface area contributed by atoms with E-state index in [1.165, 1.54) is 12.2 Å². The molecule has 0 heterocycles. The number of hydrogen-bond donors (Lipinski definition) is 1. The largest absolute Gasteiger partial charge is 0.413 e. The first-order valence-electron chi connectivity index (χ1n) is 2.10. The molecule has 9 heavy (non-hydrogen) atoms. The predicted molar refractivity (Wildman–Crippen MR) is 28.8 cm³/mol. The molecule has 0 saturated heterocycles. The average molecular weight is 199 g/mol. The molecule has 0 rings (SSSR count).